The summed E-state index contributed by atoms with van der Waals surface area (Å²) in [4.78, 5) is 10.7. The van der Waals surface area contributed by atoms with Crippen molar-refractivity contribution in [2.45, 2.75) is 18.6 Å². The Labute approximate surface area is 175 Å². The van der Waals surface area contributed by atoms with Gasteiger partial charge in [-0.25, -0.2) is 0 Å². The summed E-state index contributed by atoms with van der Waals surface area (Å²) in [6.45, 7) is 0. The molecule has 30 heavy (non-hydrogen) atoms. The van der Waals surface area contributed by atoms with Crippen LogP contribution in [0, 0.1) is 10.1 Å². The molecule has 156 valence electrons. The summed E-state index contributed by atoms with van der Waals surface area (Å²) < 4.78 is 10.4. The Bertz CT molecular complexity index is 974. The van der Waals surface area contributed by atoms with Gasteiger partial charge < -0.3 is 19.9 Å². The van der Waals surface area contributed by atoms with Gasteiger partial charge >= 0.3 is 0 Å². The van der Waals surface area contributed by atoms with Crippen molar-refractivity contribution >= 4 is 11.4 Å². The molecule has 0 saturated carbocycles. The lowest BCUT2D eigenvalue weighted by Crippen LogP contribution is -2.15. The van der Waals surface area contributed by atoms with Crippen molar-refractivity contribution in [1.82, 2.24) is 0 Å². The third-order valence-electron chi connectivity index (χ3n) is 4.88. The van der Waals surface area contributed by atoms with Crippen LogP contribution in [0.4, 0.5) is 11.4 Å². The molecule has 0 bridgehead atoms. The molecular formula is C23H24N2O5. The smallest absolute Gasteiger partial charge is 0.271 e. The molecule has 0 radical (unpaired) electrons. The molecule has 0 aliphatic rings. The maximum absolute atomic E-state index is 11.1. The third kappa shape index (κ3) is 5.27. The van der Waals surface area contributed by atoms with Crippen LogP contribution in [0.3, 0.4) is 0 Å². The van der Waals surface area contributed by atoms with E-state index in [1.54, 1.807) is 38.5 Å². The van der Waals surface area contributed by atoms with Crippen LogP contribution >= 0.6 is 0 Å². The summed E-state index contributed by atoms with van der Waals surface area (Å²) in [5, 5.41) is 25.3. The normalized spacial score (nSPS) is 12.6. The molecule has 3 aromatic rings. The first-order valence-corrected chi connectivity index (χ1v) is 9.47. The minimum atomic E-state index is -0.741. The molecule has 0 spiro atoms. The fourth-order valence-electron chi connectivity index (χ4n) is 3.21. The number of benzene rings is 3. The highest BCUT2D eigenvalue weighted by atomic mass is 16.6. The molecule has 2 unspecified atom stereocenters. The van der Waals surface area contributed by atoms with Gasteiger partial charge in [0.05, 0.1) is 31.3 Å². The van der Waals surface area contributed by atoms with Crippen LogP contribution in [0.5, 0.6) is 11.5 Å². The van der Waals surface area contributed by atoms with Crippen molar-refractivity contribution in [2.24, 2.45) is 0 Å². The van der Waals surface area contributed by atoms with E-state index in [1.807, 2.05) is 36.4 Å². The van der Waals surface area contributed by atoms with E-state index in [0.29, 0.717) is 17.9 Å². The van der Waals surface area contributed by atoms with Gasteiger partial charge in [-0.3, -0.25) is 10.1 Å². The van der Waals surface area contributed by atoms with Crippen LogP contribution in [0.25, 0.3) is 0 Å². The number of methoxy groups -OCH3 is 2. The fraction of sp³-hybridized carbons (Fsp3) is 0.217. The van der Waals surface area contributed by atoms with E-state index in [1.165, 1.54) is 12.1 Å². The number of hydrogen-bond acceptors (Lipinski definition) is 6. The summed E-state index contributed by atoms with van der Waals surface area (Å²) in [5.41, 5.74) is 2.29. The van der Waals surface area contributed by atoms with Crippen LogP contribution in [-0.4, -0.2) is 24.2 Å². The van der Waals surface area contributed by atoms with Crippen LogP contribution < -0.4 is 14.8 Å². The Kier molecular flexibility index (Phi) is 6.87. The van der Waals surface area contributed by atoms with E-state index in [0.717, 1.165) is 16.9 Å². The summed E-state index contributed by atoms with van der Waals surface area (Å²) in [6.07, 6.45) is -0.379. The van der Waals surface area contributed by atoms with Gasteiger partial charge in [-0.2, -0.15) is 0 Å². The average Bonchev–Trinajstić information content (AvgIpc) is 2.79. The molecule has 2 atom stereocenters. The monoisotopic (exact) mass is 408 g/mol. The Morgan fingerprint density at radius 2 is 1.50 bits per heavy atom. The van der Waals surface area contributed by atoms with E-state index >= 15 is 0 Å². The second-order valence-electron chi connectivity index (χ2n) is 6.80. The quantitative estimate of drug-likeness (QED) is 0.387. The molecule has 0 aliphatic heterocycles. The number of aliphatic hydroxyl groups is 1. The van der Waals surface area contributed by atoms with Gasteiger partial charge in [0, 0.05) is 24.2 Å². The van der Waals surface area contributed by atoms with E-state index in [2.05, 4.69) is 5.32 Å². The molecule has 0 aliphatic carbocycles. The molecule has 2 N–H and O–H groups in total. The van der Waals surface area contributed by atoms with Crippen LogP contribution in [0.1, 0.15) is 29.7 Å². The molecule has 0 amide bonds. The third-order valence-corrected chi connectivity index (χ3v) is 4.88. The highest BCUT2D eigenvalue weighted by Gasteiger charge is 2.19. The minimum Gasteiger partial charge on any atom is -0.497 e. The number of nitro benzene ring substituents is 1. The van der Waals surface area contributed by atoms with E-state index in [4.69, 9.17) is 9.47 Å². The zero-order chi connectivity index (χ0) is 21.5. The van der Waals surface area contributed by atoms with Gasteiger partial charge in [-0.15, -0.1) is 0 Å². The Morgan fingerprint density at radius 3 is 2.03 bits per heavy atom. The van der Waals surface area contributed by atoms with Gasteiger partial charge in [0.1, 0.15) is 11.5 Å². The number of hydrogen-bond donors (Lipinski definition) is 2. The lowest BCUT2D eigenvalue weighted by molar-refractivity contribution is -0.384. The van der Waals surface area contributed by atoms with Gasteiger partial charge in [-0.1, -0.05) is 30.3 Å². The minimum absolute atomic E-state index is 0.00387. The lowest BCUT2D eigenvalue weighted by Gasteiger charge is -2.24. The molecular weight excluding hydrogens is 384 g/mol. The first-order valence-electron chi connectivity index (χ1n) is 9.47. The maximum atomic E-state index is 11.1. The Balaban J connectivity index is 1.86. The lowest BCUT2D eigenvalue weighted by atomic mass is 9.96. The number of nitrogens with zero attached hydrogens (tertiary/aromatic N) is 1. The Hall–Kier alpha value is -3.58. The predicted octanol–water partition coefficient (Wildman–Crippen LogP) is 4.89. The number of nitrogens with one attached hydrogen (secondary N) is 1. The van der Waals surface area contributed by atoms with Gasteiger partial charge in [0.15, 0.2) is 0 Å². The molecule has 0 saturated heterocycles. The van der Waals surface area contributed by atoms with E-state index in [9.17, 15) is 15.2 Å². The van der Waals surface area contributed by atoms with Crippen molar-refractivity contribution in [1.29, 1.82) is 0 Å². The Morgan fingerprint density at radius 1 is 0.933 bits per heavy atom. The number of aliphatic hydroxyl groups excluding tert-OH is 1. The molecule has 7 heteroatoms. The topological polar surface area (TPSA) is 93.9 Å². The van der Waals surface area contributed by atoms with E-state index < -0.39 is 11.0 Å². The van der Waals surface area contributed by atoms with E-state index in [-0.39, 0.29) is 11.7 Å². The number of non-ortho nitro benzene ring substituents is 1. The second-order valence-corrected chi connectivity index (χ2v) is 6.80. The molecule has 0 heterocycles. The molecule has 3 aromatic carbocycles. The number of anilines is 1. The number of ether oxygens (including phenoxy) is 2. The second kappa shape index (κ2) is 9.76. The van der Waals surface area contributed by atoms with Gasteiger partial charge in [-0.05, 0) is 41.5 Å². The van der Waals surface area contributed by atoms with Gasteiger partial charge in [0.2, 0.25) is 0 Å². The summed E-state index contributed by atoms with van der Waals surface area (Å²) >= 11 is 0. The SMILES string of the molecule is COc1ccc(C(O)CC(Nc2cccc([N+](=O)[O-])c2)c2ccc(OC)cc2)cc1. The zero-order valence-electron chi connectivity index (χ0n) is 16.8. The summed E-state index contributed by atoms with van der Waals surface area (Å²) in [7, 11) is 3.19. The van der Waals surface area contributed by atoms with Crippen LogP contribution in [0.2, 0.25) is 0 Å². The molecule has 3 rings (SSSR count). The van der Waals surface area contributed by atoms with Crippen molar-refractivity contribution < 1.29 is 19.5 Å². The highest BCUT2D eigenvalue weighted by Crippen LogP contribution is 2.32. The first kappa shape index (κ1) is 21.1. The van der Waals surface area contributed by atoms with Crippen molar-refractivity contribution in [2.75, 3.05) is 19.5 Å². The summed E-state index contributed by atoms with van der Waals surface area (Å²) in [6, 6.07) is 20.8. The van der Waals surface area contributed by atoms with Gasteiger partial charge in [0.25, 0.3) is 5.69 Å². The maximum Gasteiger partial charge on any atom is 0.271 e. The molecule has 0 aromatic heterocycles. The standard InChI is InChI=1S/C23H24N2O5/c1-29-20-10-6-16(7-11-20)22(24-18-4-3-5-19(14-18)25(27)28)15-23(26)17-8-12-21(30-2)13-9-17/h3-14,22-24,26H,15H2,1-2H3. The average molecular weight is 408 g/mol. The zero-order valence-corrected chi connectivity index (χ0v) is 16.8. The molecule has 0 fully saturated rings. The molecule has 7 nitrogen and oxygen atoms in total. The van der Waals surface area contributed by atoms with Crippen molar-refractivity contribution in [3.63, 3.8) is 0 Å². The number of rotatable bonds is 9. The number of nitro groups is 1. The van der Waals surface area contributed by atoms with Crippen molar-refractivity contribution in [3.05, 3.63) is 94.0 Å². The predicted molar refractivity (Wildman–Crippen MR) is 115 cm³/mol. The summed E-state index contributed by atoms with van der Waals surface area (Å²) in [5.74, 6) is 1.44. The fourth-order valence-corrected chi connectivity index (χ4v) is 3.21. The van der Waals surface area contributed by atoms with Crippen molar-refractivity contribution in [3.8, 4) is 11.5 Å². The largest absolute Gasteiger partial charge is 0.497 e. The first-order chi connectivity index (χ1) is 14.5. The highest BCUT2D eigenvalue weighted by molar-refractivity contribution is 5.52. The van der Waals surface area contributed by atoms with Crippen LogP contribution in [0.15, 0.2) is 72.8 Å². The van der Waals surface area contributed by atoms with Crippen LogP contribution in [-0.2, 0) is 0 Å².